The van der Waals surface area contributed by atoms with Crippen LogP contribution in [-0.2, 0) is 0 Å². The molecule has 7 heteroatoms. The largest absolute Gasteiger partial charge is 0.496 e. The lowest BCUT2D eigenvalue weighted by Gasteiger charge is -2.17. The molecular weight excluding hydrogens is 340 g/mol. The number of ether oxygens (including phenoxy) is 1. The SMILES string of the molecule is CNc1cc(C)nc(Nc2ccc(OC)c(C3=CC4C=CN=CC4N3)c2)n1. The van der Waals surface area contributed by atoms with Gasteiger partial charge in [0.25, 0.3) is 0 Å². The summed E-state index contributed by atoms with van der Waals surface area (Å²) in [5.41, 5.74) is 3.80. The summed E-state index contributed by atoms with van der Waals surface area (Å²) in [6.45, 7) is 1.94. The maximum absolute atomic E-state index is 5.57. The van der Waals surface area contributed by atoms with Crippen molar-refractivity contribution in [3.8, 4) is 5.75 Å². The number of anilines is 3. The number of aromatic nitrogens is 2. The lowest BCUT2D eigenvalue weighted by Crippen LogP contribution is -2.30. The minimum absolute atomic E-state index is 0.185. The fourth-order valence-electron chi connectivity index (χ4n) is 3.27. The van der Waals surface area contributed by atoms with Crippen molar-refractivity contribution in [3.63, 3.8) is 0 Å². The van der Waals surface area contributed by atoms with E-state index in [1.165, 1.54) is 0 Å². The number of fused-ring (bicyclic) bond motifs is 1. The zero-order valence-electron chi connectivity index (χ0n) is 15.5. The van der Waals surface area contributed by atoms with E-state index < -0.39 is 0 Å². The van der Waals surface area contributed by atoms with Crippen LogP contribution in [0, 0.1) is 12.8 Å². The second-order valence-corrected chi connectivity index (χ2v) is 6.48. The molecule has 2 aliphatic rings. The third-order valence-corrected chi connectivity index (χ3v) is 4.59. The monoisotopic (exact) mass is 362 g/mol. The van der Waals surface area contributed by atoms with Crippen LogP contribution in [0.25, 0.3) is 5.70 Å². The van der Waals surface area contributed by atoms with E-state index in [1.807, 2.05) is 50.7 Å². The Bertz CT molecular complexity index is 949. The highest BCUT2D eigenvalue weighted by Crippen LogP contribution is 2.34. The van der Waals surface area contributed by atoms with E-state index in [2.05, 4.69) is 43.1 Å². The Labute approximate surface area is 158 Å². The first-order valence-electron chi connectivity index (χ1n) is 8.83. The number of rotatable bonds is 5. The lowest BCUT2D eigenvalue weighted by atomic mass is 10.0. The number of hydrogen-bond acceptors (Lipinski definition) is 7. The Morgan fingerprint density at radius 2 is 2.07 bits per heavy atom. The van der Waals surface area contributed by atoms with Crippen LogP contribution >= 0.6 is 0 Å². The molecule has 0 saturated heterocycles. The van der Waals surface area contributed by atoms with Crippen LogP contribution in [-0.4, -0.2) is 36.4 Å². The van der Waals surface area contributed by atoms with Gasteiger partial charge in [0, 0.05) is 54.1 Å². The third kappa shape index (κ3) is 3.48. The summed E-state index contributed by atoms with van der Waals surface area (Å²) in [6, 6.07) is 8.03. The molecule has 1 aromatic heterocycles. The molecular formula is C20H22N6O. The molecule has 7 nitrogen and oxygen atoms in total. The van der Waals surface area contributed by atoms with E-state index in [0.29, 0.717) is 11.9 Å². The quantitative estimate of drug-likeness (QED) is 0.758. The molecule has 0 saturated carbocycles. The van der Waals surface area contributed by atoms with Crippen LogP contribution in [0.5, 0.6) is 5.75 Å². The van der Waals surface area contributed by atoms with Crippen molar-refractivity contribution in [2.75, 3.05) is 24.8 Å². The summed E-state index contributed by atoms with van der Waals surface area (Å²) in [5, 5.41) is 9.85. The van der Waals surface area contributed by atoms with Gasteiger partial charge in [0.15, 0.2) is 0 Å². The average molecular weight is 362 g/mol. The zero-order valence-corrected chi connectivity index (χ0v) is 15.5. The van der Waals surface area contributed by atoms with Crippen LogP contribution < -0.4 is 20.7 Å². The Morgan fingerprint density at radius 3 is 2.85 bits per heavy atom. The second-order valence-electron chi connectivity index (χ2n) is 6.48. The number of aryl methyl sites for hydroxylation is 1. The van der Waals surface area contributed by atoms with Crippen molar-refractivity contribution in [1.29, 1.82) is 0 Å². The molecule has 0 radical (unpaired) electrons. The standard InChI is InChI=1S/C20H22N6O/c1-12-8-19(21-2)26-20(23-12)24-14-4-5-18(27-3)15(10-14)16-9-13-6-7-22-11-17(13)25-16/h4-11,13,17,25H,1-3H3,(H2,21,23,24,26). The van der Waals surface area contributed by atoms with Crippen LogP contribution in [0.1, 0.15) is 11.3 Å². The minimum Gasteiger partial charge on any atom is -0.496 e. The number of nitrogens with zero attached hydrogens (tertiary/aromatic N) is 3. The predicted octanol–water partition coefficient (Wildman–Crippen LogP) is 3.11. The molecule has 0 aliphatic carbocycles. The maximum Gasteiger partial charge on any atom is 0.229 e. The van der Waals surface area contributed by atoms with E-state index in [1.54, 1.807) is 7.11 Å². The predicted molar refractivity (Wildman–Crippen MR) is 109 cm³/mol. The van der Waals surface area contributed by atoms with Gasteiger partial charge in [-0.05, 0) is 25.1 Å². The summed E-state index contributed by atoms with van der Waals surface area (Å²) in [7, 11) is 3.52. The van der Waals surface area contributed by atoms with E-state index in [-0.39, 0.29) is 6.04 Å². The first kappa shape index (κ1) is 17.1. The molecule has 2 atom stereocenters. The first-order chi connectivity index (χ1) is 13.2. The van der Waals surface area contributed by atoms with Gasteiger partial charge in [-0.15, -0.1) is 0 Å². The average Bonchev–Trinajstić information content (AvgIpc) is 3.11. The molecule has 2 unspecified atom stereocenters. The van der Waals surface area contributed by atoms with Gasteiger partial charge in [-0.25, -0.2) is 4.98 Å². The summed E-state index contributed by atoms with van der Waals surface area (Å²) < 4.78 is 5.57. The topological polar surface area (TPSA) is 83.5 Å². The van der Waals surface area contributed by atoms with Gasteiger partial charge in [-0.2, -0.15) is 4.98 Å². The van der Waals surface area contributed by atoms with Gasteiger partial charge in [0.2, 0.25) is 5.95 Å². The lowest BCUT2D eigenvalue weighted by molar-refractivity contribution is 0.413. The number of hydrogen-bond donors (Lipinski definition) is 3. The molecule has 4 rings (SSSR count). The Hall–Kier alpha value is -3.35. The summed E-state index contributed by atoms with van der Waals surface area (Å²) in [5.74, 6) is 2.43. The maximum atomic E-state index is 5.57. The van der Waals surface area contributed by atoms with E-state index >= 15 is 0 Å². The van der Waals surface area contributed by atoms with Crippen molar-refractivity contribution in [2.45, 2.75) is 13.0 Å². The van der Waals surface area contributed by atoms with Crippen molar-refractivity contribution in [3.05, 3.63) is 53.9 Å². The van der Waals surface area contributed by atoms with Gasteiger partial charge < -0.3 is 20.7 Å². The first-order valence-corrected chi connectivity index (χ1v) is 8.83. The molecule has 0 spiro atoms. The van der Waals surface area contributed by atoms with Gasteiger partial charge in [-0.1, -0.05) is 12.2 Å². The van der Waals surface area contributed by atoms with Crippen LogP contribution in [0.4, 0.5) is 17.5 Å². The molecule has 0 amide bonds. The molecule has 0 fully saturated rings. The molecule has 138 valence electrons. The Balaban J connectivity index is 1.65. The van der Waals surface area contributed by atoms with Gasteiger partial charge in [0.05, 0.1) is 13.2 Å². The molecule has 1 aromatic carbocycles. The fourth-order valence-corrected chi connectivity index (χ4v) is 3.27. The van der Waals surface area contributed by atoms with E-state index in [9.17, 15) is 0 Å². The fraction of sp³-hybridized carbons (Fsp3) is 0.250. The number of benzene rings is 1. The number of nitrogens with one attached hydrogen (secondary N) is 3. The highest BCUT2D eigenvalue weighted by molar-refractivity contribution is 5.81. The van der Waals surface area contributed by atoms with E-state index in [0.717, 1.165) is 34.2 Å². The normalized spacial score (nSPS) is 19.9. The van der Waals surface area contributed by atoms with Crippen molar-refractivity contribution in [2.24, 2.45) is 10.9 Å². The van der Waals surface area contributed by atoms with Crippen LogP contribution in [0.2, 0.25) is 0 Å². The van der Waals surface area contributed by atoms with Gasteiger partial charge >= 0.3 is 0 Å². The summed E-state index contributed by atoms with van der Waals surface area (Å²) in [6.07, 6.45) is 8.07. The third-order valence-electron chi connectivity index (χ3n) is 4.59. The highest BCUT2D eigenvalue weighted by Gasteiger charge is 2.27. The van der Waals surface area contributed by atoms with Crippen molar-refractivity contribution >= 4 is 29.4 Å². The van der Waals surface area contributed by atoms with Crippen molar-refractivity contribution < 1.29 is 4.74 Å². The second kappa shape index (κ2) is 7.11. The summed E-state index contributed by atoms with van der Waals surface area (Å²) >= 11 is 0. The van der Waals surface area contributed by atoms with Gasteiger partial charge in [-0.3, -0.25) is 4.99 Å². The minimum atomic E-state index is 0.185. The molecule has 0 bridgehead atoms. The molecule has 2 aliphatic heterocycles. The summed E-state index contributed by atoms with van der Waals surface area (Å²) in [4.78, 5) is 13.1. The van der Waals surface area contributed by atoms with E-state index in [4.69, 9.17) is 4.74 Å². The van der Waals surface area contributed by atoms with Crippen LogP contribution in [0.3, 0.4) is 0 Å². The number of aliphatic imine (C=N–C) groups is 1. The molecule has 3 N–H and O–H groups in total. The molecule has 27 heavy (non-hydrogen) atoms. The Kier molecular flexibility index (Phi) is 4.50. The van der Waals surface area contributed by atoms with Crippen molar-refractivity contribution in [1.82, 2.24) is 15.3 Å². The highest BCUT2D eigenvalue weighted by atomic mass is 16.5. The molecule has 3 heterocycles. The number of methoxy groups -OCH3 is 1. The molecule has 2 aromatic rings. The van der Waals surface area contributed by atoms with Gasteiger partial charge in [0.1, 0.15) is 11.6 Å². The van der Waals surface area contributed by atoms with Crippen LogP contribution in [0.15, 0.2) is 47.6 Å². The smallest absolute Gasteiger partial charge is 0.229 e. The zero-order chi connectivity index (χ0) is 18.8. The Morgan fingerprint density at radius 1 is 1.19 bits per heavy atom.